The lowest BCUT2D eigenvalue weighted by Crippen LogP contribution is -2.38. The molecule has 1 aliphatic rings. The molecule has 246 valence electrons. The van der Waals surface area contributed by atoms with Crippen molar-refractivity contribution in [2.24, 2.45) is 5.41 Å². The average Bonchev–Trinajstić information content (AvgIpc) is 2.93. The summed E-state index contributed by atoms with van der Waals surface area (Å²) in [5, 5.41) is 12.4. The number of hydrogen-bond acceptors (Lipinski definition) is 8. The lowest BCUT2D eigenvalue weighted by molar-refractivity contribution is -0.146. The van der Waals surface area contributed by atoms with Crippen molar-refractivity contribution < 1.29 is 19.4 Å². The zero-order chi connectivity index (χ0) is 33.4. The van der Waals surface area contributed by atoms with Gasteiger partial charge in [0.05, 0.1) is 35.4 Å². The summed E-state index contributed by atoms with van der Waals surface area (Å²) in [4.78, 5) is 24.5. The molecule has 0 saturated carbocycles. The average molecular weight is 639 g/mol. The van der Waals surface area contributed by atoms with E-state index in [1.165, 1.54) is 0 Å². The van der Waals surface area contributed by atoms with Gasteiger partial charge in [0.2, 0.25) is 0 Å². The van der Waals surface area contributed by atoms with Crippen molar-refractivity contribution in [1.29, 1.82) is 0 Å². The van der Waals surface area contributed by atoms with E-state index in [9.17, 15) is 4.79 Å². The Morgan fingerprint density at radius 3 is 2.33 bits per heavy atom. The number of benzene rings is 1. The minimum absolute atomic E-state index is 0.161. The molecule has 0 amide bonds. The van der Waals surface area contributed by atoms with Gasteiger partial charge in [0.15, 0.2) is 0 Å². The molecular weight excluding hydrogens is 588 g/mol. The molecule has 1 aromatic carbocycles. The monoisotopic (exact) mass is 638 g/mol. The minimum atomic E-state index is -0.500. The van der Waals surface area contributed by atoms with E-state index >= 15 is 0 Å². The molecule has 1 saturated heterocycles. The molecule has 0 radical (unpaired) electrons. The number of ether oxygens (including phenoxy) is 2. The Bertz CT molecular complexity index is 1380. The Morgan fingerprint density at radius 2 is 1.76 bits per heavy atom. The van der Waals surface area contributed by atoms with Gasteiger partial charge >= 0.3 is 5.97 Å². The SMILES string of the molecule is CC(C)(C)O.Cc1cccc(Cl)c1OCCNc1ccc(-c2cnc(C)c(CC(=O)OC(C)C)c2N2CCC(C)(C)CC2)cn1. The highest BCUT2D eigenvalue weighted by Gasteiger charge is 2.29. The molecule has 1 aliphatic heterocycles. The number of nitrogens with one attached hydrogen (secondary N) is 1. The van der Waals surface area contributed by atoms with Gasteiger partial charge in [-0.15, -0.1) is 0 Å². The second kappa shape index (κ2) is 15.8. The topological polar surface area (TPSA) is 96.8 Å². The van der Waals surface area contributed by atoms with Gasteiger partial charge in [-0.2, -0.15) is 0 Å². The largest absolute Gasteiger partial charge is 0.490 e. The first-order valence-electron chi connectivity index (χ1n) is 15.8. The number of piperidine rings is 1. The van der Waals surface area contributed by atoms with Crippen molar-refractivity contribution in [1.82, 2.24) is 9.97 Å². The predicted octanol–water partition coefficient (Wildman–Crippen LogP) is 7.80. The first-order chi connectivity index (χ1) is 21.0. The second-order valence-electron chi connectivity index (χ2n) is 13.7. The summed E-state index contributed by atoms with van der Waals surface area (Å²) < 4.78 is 11.4. The standard InChI is InChI=1S/C32H41ClN4O3.C4H10O/c1-21(2)40-29(38)18-25-23(4)35-20-26(30(25)37-15-12-32(5,6)13-16-37)24-10-11-28(36-19-24)34-14-17-39-31-22(3)8-7-9-27(31)33;1-4(2,3)5/h7-11,19-21H,12-18H2,1-6H3,(H,34,36);5H,1-3H3. The van der Waals surface area contributed by atoms with Crippen molar-refractivity contribution in [3.05, 3.63) is 64.6 Å². The fraction of sp³-hybridized carbons (Fsp3) is 0.528. The van der Waals surface area contributed by atoms with E-state index in [-0.39, 0.29) is 18.5 Å². The number of para-hydroxylation sites is 1. The van der Waals surface area contributed by atoms with Gasteiger partial charge in [-0.1, -0.05) is 37.6 Å². The van der Waals surface area contributed by atoms with Gasteiger partial charge in [-0.25, -0.2) is 4.98 Å². The maximum Gasteiger partial charge on any atom is 0.310 e. The van der Waals surface area contributed by atoms with Crippen molar-refractivity contribution in [2.75, 3.05) is 36.5 Å². The zero-order valence-corrected chi connectivity index (χ0v) is 29.2. The molecule has 0 bridgehead atoms. The lowest BCUT2D eigenvalue weighted by Gasteiger charge is -2.40. The number of aromatic nitrogens is 2. The van der Waals surface area contributed by atoms with Crippen LogP contribution in [-0.2, 0) is 16.0 Å². The fourth-order valence-electron chi connectivity index (χ4n) is 4.99. The highest BCUT2D eigenvalue weighted by molar-refractivity contribution is 6.32. The Kier molecular flexibility index (Phi) is 12.7. The van der Waals surface area contributed by atoms with E-state index < -0.39 is 5.60 Å². The molecule has 1 fully saturated rings. The van der Waals surface area contributed by atoms with Crippen LogP contribution < -0.4 is 15.0 Å². The summed E-state index contributed by atoms with van der Waals surface area (Å²) in [6.45, 7) is 20.5. The number of halogens is 1. The van der Waals surface area contributed by atoms with Crippen LogP contribution in [0.5, 0.6) is 5.75 Å². The Morgan fingerprint density at radius 1 is 1.09 bits per heavy atom. The molecule has 0 aliphatic carbocycles. The fourth-order valence-corrected chi connectivity index (χ4v) is 5.27. The molecule has 3 heterocycles. The molecule has 45 heavy (non-hydrogen) atoms. The molecule has 0 unspecified atom stereocenters. The van der Waals surface area contributed by atoms with E-state index in [1.54, 1.807) is 20.8 Å². The first-order valence-corrected chi connectivity index (χ1v) is 16.2. The van der Waals surface area contributed by atoms with Gasteiger partial charge in [0, 0.05) is 47.9 Å². The molecule has 8 nitrogen and oxygen atoms in total. The van der Waals surface area contributed by atoms with Crippen molar-refractivity contribution in [3.63, 3.8) is 0 Å². The van der Waals surface area contributed by atoms with Crippen LogP contribution in [0.25, 0.3) is 11.1 Å². The van der Waals surface area contributed by atoms with Crippen LogP contribution in [-0.4, -0.2) is 59.0 Å². The van der Waals surface area contributed by atoms with Crippen molar-refractivity contribution in [2.45, 2.75) is 93.3 Å². The van der Waals surface area contributed by atoms with E-state index in [1.807, 2.05) is 70.4 Å². The number of hydrogen-bond donors (Lipinski definition) is 2. The van der Waals surface area contributed by atoms with Crippen LogP contribution in [0.3, 0.4) is 0 Å². The van der Waals surface area contributed by atoms with Gasteiger partial charge < -0.3 is 24.8 Å². The normalized spacial score (nSPS) is 14.4. The van der Waals surface area contributed by atoms with Crippen LogP contribution in [0, 0.1) is 19.3 Å². The number of aliphatic hydroxyl groups is 1. The third-order valence-corrected chi connectivity index (χ3v) is 7.68. The number of nitrogens with zero attached hydrogens (tertiary/aromatic N) is 3. The van der Waals surface area contributed by atoms with Crippen molar-refractivity contribution >= 4 is 29.1 Å². The molecule has 2 aromatic heterocycles. The summed E-state index contributed by atoms with van der Waals surface area (Å²) in [6.07, 6.45) is 5.97. The Labute approximate surface area is 274 Å². The summed E-state index contributed by atoms with van der Waals surface area (Å²) in [7, 11) is 0. The van der Waals surface area contributed by atoms with Gasteiger partial charge in [0.25, 0.3) is 0 Å². The third-order valence-electron chi connectivity index (χ3n) is 7.38. The number of rotatable bonds is 10. The van der Waals surface area contributed by atoms with Crippen LogP contribution in [0.4, 0.5) is 11.5 Å². The van der Waals surface area contributed by atoms with Gasteiger partial charge in [-0.05, 0) is 90.5 Å². The Hall–Kier alpha value is -3.36. The van der Waals surface area contributed by atoms with Gasteiger partial charge in [0.1, 0.15) is 18.2 Å². The van der Waals surface area contributed by atoms with Crippen molar-refractivity contribution in [3.8, 4) is 16.9 Å². The smallest absolute Gasteiger partial charge is 0.310 e. The summed E-state index contributed by atoms with van der Waals surface area (Å²) in [5.41, 5.74) is 5.59. The molecule has 3 aromatic rings. The number of aryl methyl sites for hydroxylation is 2. The zero-order valence-electron chi connectivity index (χ0n) is 28.5. The summed E-state index contributed by atoms with van der Waals surface area (Å²) in [5.74, 6) is 1.23. The number of carbonyl (C=O) groups excluding carboxylic acids is 1. The van der Waals surface area contributed by atoms with Crippen LogP contribution in [0.1, 0.15) is 78.1 Å². The number of pyridine rings is 2. The maximum atomic E-state index is 12.8. The maximum absolute atomic E-state index is 12.8. The number of anilines is 2. The molecule has 0 spiro atoms. The predicted molar refractivity (Wildman–Crippen MR) is 185 cm³/mol. The molecule has 4 rings (SSSR count). The van der Waals surface area contributed by atoms with E-state index in [0.717, 1.165) is 65.4 Å². The first kappa shape index (κ1) is 36.1. The molecule has 9 heteroatoms. The quantitative estimate of drug-likeness (QED) is 0.171. The molecular formula is C36H51ClN4O4. The Balaban J connectivity index is 0.00000102. The lowest BCUT2D eigenvalue weighted by atomic mass is 9.82. The molecule has 0 atom stereocenters. The van der Waals surface area contributed by atoms with E-state index in [4.69, 9.17) is 31.2 Å². The molecule has 2 N–H and O–H groups in total. The van der Waals surface area contributed by atoms with Crippen LogP contribution in [0.2, 0.25) is 5.02 Å². The highest BCUT2D eigenvalue weighted by atomic mass is 35.5. The summed E-state index contributed by atoms with van der Waals surface area (Å²) in [6, 6.07) is 9.73. The van der Waals surface area contributed by atoms with Crippen LogP contribution in [0.15, 0.2) is 42.7 Å². The van der Waals surface area contributed by atoms with E-state index in [0.29, 0.717) is 29.3 Å². The third kappa shape index (κ3) is 11.5. The minimum Gasteiger partial charge on any atom is -0.490 e. The summed E-state index contributed by atoms with van der Waals surface area (Å²) >= 11 is 6.26. The van der Waals surface area contributed by atoms with E-state index in [2.05, 4.69) is 29.0 Å². The van der Waals surface area contributed by atoms with Gasteiger partial charge in [-0.3, -0.25) is 9.78 Å². The van der Waals surface area contributed by atoms with Crippen LogP contribution >= 0.6 is 11.6 Å². The second-order valence-corrected chi connectivity index (χ2v) is 14.1. The number of carbonyl (C=O) groups is 1. The number of esters is 1. The highest BCUT2D eigenvalue weighted by Crippen LogP contribution is 2.40.